The number of carbonyl (C=O) groups excluding carboxylic acids is 1. The third kappa shape index (κ3) is 4.29. The lowest BCUT2D eigenvalue weighted by Crippen LogP contribution is -2.32. The van der Waals surface area contributed by atoms with E-state index in [4.69, 9.17) is 4.74 Å². The van der Waals surface area contributed by atoms with Crippen LogP contribution in [0.4, 0.5) is 4.79 Å². The molecule has 87 valence electrons. The van der Waals surface area contributed by atoms with Crippen LogP contribution in [0, 0.1) is 6.92 Å². The summed E-state index contributed by atoms with van der Waals surface area (Å²) in [6.45, 7) is 9.61. The maximum absolute atomic E-state index is 11.4. The number of nitrogens with one attached hydrogen (secondary N) is 1. The van der Waals surface area contributed by atoms with Crippen molar-refractivity contribution in [2.45, 2.75) is 32.9 Å². The summed E-state index contributed by atoms with van der Waals surface area (Å²) in [6, 6.07) is 3.65. The Bertz CT molecular complexity index is 370. The Morgan fingerprint density at radius 3 is 2.81 bits per heavy atom. The van der Waals surface area contributed by atoms with Gasteiger partial charge in [0.15, 0.2) is 0 Å². The maximum Gasteiger partial charge on any atom is 0.407 e. The molecular formula is C12H17N2O2. The van der Waals surface area contributed by atoms with Gasteiger partial charge in [-0.2, -0.15) is 0 Å². The van der Waals surface area contributed by atoms with Crippen molar-refractivity contribution in [3.63, 3.8) is 0 Å². The van der Waals surface area contributed by atoms with E-state index < -0.39 is 11.7 Å². The van der Waals surface area contributed by atoms with Gasteiger partial charge in [-0.1, -0.05) is 6.07 Å². The zero-order valence-corrected chi connectivity index (χ0v) is 9.91. The molecule has 0 aromatic carbocycles. The highest BCUT2D eigenvalue weighted by Gasteiger charge is 2.15. The first-order chi connectivity index (χ1) is 7.38. The summed E-state index contributed by atoms with van der Waals surface area (Å²) in [5.74, 6) is 0. The molecule has 1 amide bonds. The number of hydrogen-bond donors (Lipinski definition) is 1. The van der Waals surface area contributed by atoms with E-state index in [-0.39, 0.29) is 0 Å². The highest BCUT2D eigenvalue weighted by atomic mass is 16.6. The van der Waals surface area contributed by atoms with E-state index >= 15 is 0 Å². The molecule has 1 N–H and O–H groups in total. The summed E-state index contributed by atoms with van der Waals surface area (Å²) in [5.41, 5.74) is 1.06. The molecule has 16 heavy (non-hydrogen) atoms. The second-order valence-electron chi connectivity index (χ2n) is 4.46. The standard InChI is InChI=1S/C12H17N2O2/c1-9-6-5-7-13-10(9)8-14-11(15)16-12(2,3)4/h5-7H,1,8H2,2-4H3,(H,14,15). The van der Waals surface area contributed by atoms with Crippen LogP contribution in [0.15, 0.2) is 18.3 Å². The first kappa shape index (κ1) is 12.5. The SMILES string of the molecule is [CH2]c1cccnc1CNC(=O)OC(C)(C)C. The fourth-order valence-corrected chi connectivity index (χ4v) is 1.10. The highest BCUT2D eigenvalue weighted by Crippen LogP contribution is 2.07. The molecule has 0 aliphatic rings. The molecule has 1 heterocycles. The largest absolute Gasteiger partial charge is 0.444 e. The van der Waals surface area contributed by atoms with Crippen LogP contribution in [0.5, 0.6) is 0 Å². The monoisotopic (exact) mass is 221 g/mol. The number of hydrogen-bond acceptors (Lipinski definition) is 3. The van der Waals surface area contributed by atoms with E-state index in [0.717, 1.165) is 11.3 Å². The topological polar surface area (TPSA) is 51.2 Å². The Hall–Kier alpha value is -1.58. The predicted molar refractivity (Wildman–Crippen MR) is 61.8 cm³/mol. The fourth-order valence-electron chi connectivity index (χ4n) is 1.10. The molecule has 0 spiro atoms. The summed E-state index contributed by atoms with van der Waals surface area (Å²) >= 11 is 0. The van der Waals surface area contributed by atoms with Gasteiger partial charge in [0.05, 0.1) is 12.2 Å². The Morgan fingerprint density at radius 2 is 2.25 bits per heavy atom. The third-order valence-corrected chi connectivity index (χ3v) is 1.78. The van der Waals surface area contributed by atoms with Crippen molar-refractivity contribution >= 4 is 6.09 Å². The smallest absolute Gasteiger partial charge is 0.407 e. The number of ether oxygens (including phenoxy) is 1. The molecule has 4 nitrogen and oxygen atoms in total. The predicted octanol–water partition coefficient (Wildman–Crippen LogP) is 2.29. The van der Waals surface area contributed by atoms with Gasteiger partial charge in [0, 0.05) is 6.20 Å². The number of carbonyl (C=O) groups is 1. The van der Waals surface area contributed by atoms with Gasteiger partial charge in [0.2, 0.25) is 0 Å². The van der Waals surface area contributed by atoms with Gasteiger partial charge in [-0.25, -0.2) is 4.79 Å². The van der Waals surface area contributed by atoms with Crippen molar-refractivity contribution in [1.29, 1.82) is 0 Å². The van der Waals surface area contributed by atoms with Crippen molar-refractivity contribution in [3.8, 4) is 0 Å². The Labute approximate surface area is 96.0 Å². The van der Waals surface area contributed by atoms with E-state index in [9.17, 15) is 4.79 Å². The minimum atomic E-state index is -0.485. The van der Waals surface area contributed by atoms with Gasteiger partial charge in [-0.15, -0.1) is 0 Å². The lowest BCUT2D eigenvalue weighted by molar-refractivity contribution is 0.0523. The molecule has 0 saturated carbocycles. The van der Waals surface area contributed by atoms with Crippen molar-refractivity contribution in [3.05, 3.63) is 36.5 Å². The van der Waals surface area contributed by atoms with Crippen LogP contribution in [-0.2, 0) is 11.3 Å². The van der Waals surface area contributed by atoms with Gasteiger partial charge in [-0.3, -0.25) is 4.98 Å². The van der Waals surface area contributed by atoms with E-state index in [1.54, 1.807) is 12.3 Å². The van der Waals surface area contributed by atoms with Gasteiger partial charge < -0.3 is 10.1 Å². The second-order valence-corrected chi connectivity index (χ2v) is 4.46. The molecule has 1 aromatic heterocycles. The van der Waals surface area contributed by atoms with Crippen LogP contribution in [-0.4, -0.2) is 16.7 Å². The molecule has 4 heteroatoms. The van der Waals surface area contributed by atoms with E-state index in [1.165, 1.54) is 0 Å². The van der Waals surface area contributed by atoms with Gasteiger partial charge >= 0.3 is 6.09 Å². The van der Waals surface area contributed by atoms with Crippen molar-refractivity contribution < 1.29 is 9.53 Å². The molecular weight excluding hydrogens is 204 g/mol. The zero-order chi connectivity index (χ0) is 12.2. The summed E-state index contributed by atoms with van der Waals surface area (Å²) in [4.78, 5) is 15.5. The zero-order valence-electron chi connectivity index (χ0n) is 9.91. The summed E-state index contributed by atoms with van der Waals surface area (Å²) in [5, 5.41) is 2.63. The molecule has 0 fully saturated rings. The molecule has 0 atom stereocenters. The van der Waals surface area contributed by atoms with Crippen LogP contribution >= 0.6 is 0 Å². The van der Waals surface area contributed by atoms with Gasteiger partial charge in [0.25, 0.3) is 0 Å². The summed E-state index contributed by atoms with van der Waals surface area (Å²) in [7, 11) is 0. The van der Waals surface area contributed by atoms with Crippen LogP contribution < -0.4 is 5.32 Å². The number of aromatic nitrogens is 1. The Balaban J connectivity index is 2.47. The van der Waals surface area contributed by atoms with E-state index in [2.05, 4.69) is 17.2 Å². The quantitative estimate of drug-likeness (QED) is 0.833. The van der Waals surface area contributed by atoms with Gasteiger partial charge in [0.1, 0.15) is 5.60 Å². The minimum absolute atomic E-state index is 0.328. The van der Waals surface area contributed by atoms with Crippen molar-refractivity contribution in [2.75, 3.05) is 0 Å². The molecule has 0 bridgehead atoms. The third-order valence-electron chi connectivity index (χ3n) is 1.78. The van der Waals surface area contributed by atoms with E-state index in [1.807, 2.05) is 26.8 Å². The first-order valence-corrected chi connectivity index (χ1v) is 5.11. The van der Waals surface area contributed by atoms with Crippen LogP contribution in [0.1, 0.15) is 32.0 Å². The molecule has 1 aromatic rings. The second kappa shape index (κ2) is 4.96. The Kier molecular flexibility index (Phi) is 3.88. The molecule has 0 saturated heterocycles. The number of rotatable bonds is 2. The number of nitrogens with zero attached hydrogens (tertiary/aromatic N) is 1. The first-order valence-electron chi connectivity index (χ1n) is 5.11. The minimum Gasteiger partial charge on any atom is -0.444 e. The number of alkyl carbamates (subject to hydrolysis) is 1. The van der Waals surface area contributed by atoms with Crippen LogP contribution in [0.3, 0.4) is 0 Å². The van der Waals surface area contributed by atoms with Crippen molar-refractivity contribution in [1.82, 2.24) is 10.3 Å². The summed E-state index contributed by atoms with van der Waals surface area (Å²) in [6.07, 6.45) is 1.22. The molecule has 1 radical (unpaired) electrons. The normalized spacial score (nSPS) is 11.0. The molecule has 1 rings (SSSR count). The summed E-state index contributed by atoms with van der Waals surface area (Å²) < 4.78 is 5.10. The molecule has 0 aliphatic carbocycles. The van der Waals surface area contributed by atoms with Gasteiger partial charge in [-0.05, 0) is 39.3 Å². The maximum atomic E-state index is 11.4. The number of pyridine rings is 1. The molecule has 0 aliphatic heterocycles. The van der Waals surface area contributed by atoms with Crippen LogP contribution in [0.25, 0.3) is 0 Å². The average molecular weight is 221 g/mol. The van der Waals surface area contributed by atoms with E-state index in [0.29, 0.717) is 6.54 Å². The van der Waals surface area contributed by atoms with Crippen LogP contribution in [0.2, 0.25) is 0 Å². The fraction of sp³-hybridized carbons (Fsp3) is 0.417. The highest BCUT2D eigenvalue weighted by molar-refractivity contribution is 5.67. The lowest BCUT2D eigenvalue weighted by atomic mass is 10.2. The molecule has 0 unspecified atom stereocenters. The number of amides is 1. The average Bonchev–Trinajstić information content (AvgIpc) is 2.14. The lowest BCUT2D eigenvalue weighted by Gasteiger charge is -2.19. The Morgan fingerprint density at radius 1 is 1.56 bits per heavy atom. The van der Waals surface area contributed by atoms with Crippen molar-refractivity contribution in [2.24, 2.45) is 0 Å².